The molecule has 0 aromatic heterocycles. The molecule has 1 aliphatic rings. The van der Waals surface area contributed by atoms with Crippen LogP contribution in [0.15, 0.2) is 0 Å². The molecule has 0 heterocycles. The van der Waals surface area contributed by atoms with Crippen molar-refractivity contribution in [2.45, 2.75) is 57.4 Å². The molecular formula is C9H19NO2. The first kappa shape index (κ1) is 9.96. The van der Waals surface area contributed by atoms with Crippen molar-refractivity contribution < 1.29 is 10.2 Å². The summed E-state index contributed by atoms with van der Waals surface area (Å²) in [4.78, 5) is 0. The molecule has 3 N–H and O–H groups in total. The monoisotopic (exact) mass is 173 g/mol. The summed E-state index contributed by atoms with van der Waals surface area (Å²) < 4.78 is 0. The van der Waals surface area contributed by atoms with Gasteiger partial charge in [0.25, 0.3) is 0 Å². The highest BCUT2D eigenvalue weighted by molar-refractivity contribution is 4.78. The maximum absolute atomic E-state index is 9.95. The molecule has 0 aliphatic heterocycles. The van der Waals surface area contributed by atoms with Gasteiger partial charge in [0.2, 0.25) is 0 Å². The lowest BCUT2D eigenvalue weighted by Crippen LogP contribution is -2.49. The van der Waals surface area contributed by atoms with Gasteiger partial charge in [-0.05, 0) is 32.6 Å². The van der Waals surface area contributed by atoms with Crippen LogP contribution in [-0.2, 0) is 0 Å². The molecular weight excluding hydrogens is 154 g/mol. The smallest absolute Gasteiger partial charge is 0.117 e. The quantitative estimate of drug-likeness (QED) is 0.430. The minimum absolute atomic E-state index is 0.618. The predicted octanol–water partition coefficient (Wildman–Crippen LogP) is 0.957. The van der Waals surface area contributed by atoms with E-state index >= 15 is 0 Å². The summed E-state index contributed by atoms with van der Waals surface area (Å²) in [5, 5.41) is 21.9. The molecule has 0 bridgehead atoms. The van der Waals surface area contributed by atoms with Crippen LogP contribution in [0.25, 0.3) is 0 Å². The Kier molecular flexibility index (Phi) is 3.50. The molecule has 1 aliphatic carbocycles. The highest BCUT2D eigenvalue weighted by Gasteiger charge is 2.28. The Bertz CT molecular complexity index is 128. The average molecular weight is 173 g/mol. The first-order valence-electron chi connectivity index (χ1n) is 4.80. The molecule has 0 aromatic rings. The van der Waals surface area contributed by atoms with Gasteiger partial charge in [-0.1, -0.05) is 12.8 Å². The molecule has 0 radical (unpaired) electrons. The molecule has 3 nitrogen and oxygen atoms in total. The molecule has 0 spiro atoms. The largest absolute Gasteiger partial charge is 0.379 e. The fraction of sp³-hybridized carbons (Fsp3) is 1.00. The van der Waals surface area contributed by atoms with Crippen molar-refractivity contribution in [2.24, 2.45) is 0 Å². The molecule has 1 unspecified atom stereocenters. The molecule has 3 heteroatoms. The summed E-state index contributed by atoms with van der Waals surface area (Å²) in [6.45, 7) is 1.64. The van der Waals surface area contributed by atoms with Crippen LogP contribution in [-0.4, -0.2) is 22.2 Å². The van der Waals surface area contributed by atoms with E-state index in [9.17, 15) is 5.11 Å². The SMILES string of the molecule is CC(O)NC1(O)CCCCCC1. The minimum Gasteiger partial charge on any atom is -0.379 e. The number of nitrogens with one attached hydrogen (secondary N) is 1. The molecule has 72 valence electrons. The third-order valence-corrected chi connectivity index (χ3v) is 2.41. The highest BCUT2D eigenvalue weighted by Crippen LogP contribution is 2.24. The van der Waals surface area contributed by atoms with Crippen LogP contribution in [0.4, 0.5) is 0 Å². The van der Waals surface area contributed by atoms with Crippen LogP contribution in [0.5, 0.6) is 0 Å². The van der Waals surface area contributed by atoms with E-state index in [2.05, 4.69) is 5.32 Å². The zero-order valence-corrected chi connectivity index (χ0v) is 7.71. The van der Waals surface area contributed by atoms with E-state index in [0.717, 1.165) is 25.7 Å². The number of aliphatic hydroxyl groups is 2. The second-order valence-corrected chi connectivity index (χ2v) is 3.77. The van der Waals surface area contributed by atoms with Crippen molar-refractivity contribution in [2.75, 3.05) is 0 Å². The van der Waals surface area contributed by atoms with E-state index in [4.69, 9.17) is 5.11 Å². The zero-order chi connectivity index (χ0) is 9.03. The predicted molar refractivity (Wildman–Crippen MR) is 47.5 cm³/mol. The molecule has 1 rings (SSSR count). The normalized spacial score (nSPS) is 26.2. The van der Waals surface area contributed by atoms with Gasteiger partial charge in [0.15, 0.2) is 0 Å². The number of hydrogen-bond acceptors (Lipinski definition) is 3. The number of rotatable bonds is 2. The van der Waals surface area contributed by atoms with Crippen molar-refractivity contribution in [3.8, 4) is 0 Å². The van der Waals surface area contributed by atoms with Gasteiger partial charge in [0, 0.05) is 0 Å². The molecule has 1 fully saturated rings. The Labute approximate surface area is 73.8 Å². The first-order chi connectivity index (χ1) is 5.62. The van der Waals surface area contributed by atoms with Gasteiger partial charge in [0.1, 0.15) is 12.0 Å². The standard InChI is InChI=1S/C9H19NO2/c1-8(11)10-9(12)6-4-2-3-5-7-9/h8,10-12H,2-7H2,1H3. The second kappa shape index (κ2) is 4.21. The van der Waals surface area contributed by atoms with Gasteiger partial charge >= 0.3 is 0 Å². The van der Waals surface area contributed by atoms with Crippen LogP contribution in [0, 0.1) is 0 Å². The van der Waals surface area contributed by atoms with Gasteiger partial charge in [-0.2, -0.15) is 0 Å². The summed E-state index contributed by atoms with van der Waals surface area (Å²) in [6.07, 6.45) is 5.41. The average Bonchev–Trinajstić information content (AvgIpc) is 2.12. The Morgan fingerprint density at radius 2 is 1.67 bits per heavy atom. The summed E-state index contributed by atoms with van der Waals surface area (Å²) >= 11 is 0. The first-order valence-corrected chi connectivity index (χ1v) is 4.80. The summed E-state index contributed by atoms with van der Waals surface area (Å²) in [5.74, 6) is 0. The lowest BCUT2D eigenvalue weighted by Gasteiger charge is -2.29. The van der Waals surface area contributed by atoms with Crippen LogP contribution < -0.4 is 5.32 Å². The van der Waals surface area contributed by atoms with E-state index in [1.165, 1.54) is 12.8 Å². The third-order valence-electron chi connectivity index (χ3n) is 2.41. The summed E-state index contributed by atoms with van der Waals surface area (Å²) in [7, 11) is 0. The van der Waals surface area contributed by atoms with E-state index in [1.807, 2.05) is 0 Å². The van der Waals surface area contributed by atoms with Gasteiger partial charge in [-0.15, -0.1) is 0 Å². The lowest BCUT2D eigenvalue weighted by atomic mass is 10.0. The molecule has 0 aromatic carbocycles. The lowest BCUT2D eigenvalue weighted by molar-refractivity contribution is -0.0518. The van der Waals surface area contributed by atoms with Crippen molar-refractivity contribution >= 4 is 0 Å². The van der Waals surface area contributed by atoms with Crippen LogP contribution >= 0.6 is 0 Å². The molecule has 1 saturated carbocycles. The summed E-state index contributed by atoms with van der Waals surface area (Å²) in [6, 6.07) is 0. The Morgan fingerprint density at radius 1 is 1.17 bits per heavy atom. The molecule has 1 atom stereocenters. The summed E-state index contributed by atoms with van der Waals surface area (Å²) in [5.41, 5.74) is -0.815. The van der Waals surface area contributed by atoms with Gasteiger partial charge in [-0.3, -0.25) is 5.32 Å². The van der Waals surface area contributed by atoms with Gasteiger partial charge in [0.05, 0.1) is 0 Å². The van der Waals surface area contributed by atoms with Crippen LogP contribution in [0.3, 0.4) is 0 Å². The topological polar surface area (TPSA) is 52.5 Å². The molecule has 12 heavy (non-hydrogen) atoms. The Balaban J connectivity index is 2.42. The molecule has 0 saturated heterocycles. The van der Waals surface area contributed by atoms with Crippen molar-refractivity contribution in [3.05, 3.63) is 0 Å². The van der Waals surface area contributed by atoms with Crippen molar-refractivity contribution in [1.82, 2.24) is 5.32 Å². The maximum atomic E-state index is 9.95. The van der Waals surface area contributed by atoms with E-state index in [-0.39, 0.29) is 0 Å². The fourth-order valence-corrected chi connectivity index (χ4v) is 1.85. The fourth-order valence-electron chi connectivity index (χ4n) is 1.85. The highest BCUT2D eigenvalue weighted by atomic mass is 16.3. The maximum Gasteiger partial charge on any atom is 0.117 e. The number of hydrogen-bond donors (Lipinski definition) is 3. The molecule has 0 amide bonds. The number of aliphatic hydroxyl groups excluding tert-OH is 1. The van der Waals surface area contributed by atoms with Gasteiger partial charge in [-0.25, -0.2) is 0 Å². The van der Waals surface area contributed by atoms with E-state index in [1.54, 1.807) is 6.92 Å². The zero-order valence-electron chi connectivity index (χ0n) is 7.71. The van der Waals surface area contributed by atoms with Gasteiger partial charge < -0.3 is 10.2 Å². The Hall–Kier alpha value is -0.120. The van der Waals surface area contributed by atoms with Crippen LogP contribution in [0.2, 0.25) is 0 Å². The second-order valence-electron chi connectivity index (χ2n) is 3.77. The minimum atomic E-state index is -0.815. The van der Waals surface area contributed by atoms with Crippen molar-refractivity contribution in [3.63, 3.8) is 0 Å². The Morgan fingerprint density at radius 3 is 2.08 bits per heavy atom. The van der Waals surface area contributed by atoms with Crippen LogP contribution in [0.1, 0.15) is 45.4 Å². The van der Waals surface area contributed by atoms with E-state index in [0.29, 0.717) is 0 Å². The van der Waals surface area contributed by atoms with Crippen molar-refractivity contribution in [1.29, 1.82) is 0 Å². The third kappa shape index (κ3) is 3.09. The van der Waals surface area contributed by atoms with E-state index < -0.39 is 12.0 Å².